The number of fused-ring (bicyclic) bond motifs is 2. The third kappa shape index (κ3) is 2.51. The Bertz CT molecular complexity index is 901. The van der Waals surface area contributed by atoms with E-state index >= 15 is 0 Å². The standard InChI is InChI=1S/C21H18O5/c1-2-25-20(23)18-17(14-9-5-6-10-16(14)26-21(18)24)15-11-12-7-3-4-8-13(12)19(15)22/h3-10,15,17-18H,2,11H2,1H3. The Morgan fingerprint density at radius 3 is 2.62 bits per heavy atom. The molecule has 0 saturated carbocycles. The Kier molecular flexibility index (Phi) is 4.07. The van der Waals surface area contributed by atoms with E-state index in [1.807, 2.05) is 30.3 Å². The first kappa shape index (κ1) is 16.5. The van der Waals surface area contributed by atoms with Gasteiger partial charge in [-0.15, -0.1) is 0 Å². The lowest BCUT2D eigenvalue weighted by atomic mass is 9.73. The van der Waals surface area contributed by atoms with Gasteiger partial charge in [-0.05, 0) is 25.0 Å². The fraction of sp³-hybridized carbons (Fsp3) is 0.286. The molecule has 1 aliphatic heterocycles. The Hall–Kier alpha value is -2.95. The summed E-state index contributed by atoms with van der Waals surface area (Å²) in [5.41, 5.74) is 2.31. The molecule has 1 aliphatic carbocycles. The smallest absolute Gasteiger partial charge is 0.326 e. The van der Waals surface area contributed by atoms with Crippen molar-refractivity contribution in [2.45, 2.75) is 19.3 Å². The molecular weight excluding hydrogens is 332 g/mol. The highest BCUT2D eigenvalue weighted by molar-refractivity contribution is 6.05. The van der Waals surface area contributed by atoms with E-state index in [1.54, 1.807) is 25.1 Å². The number of para-hydroxylation sites is 1. The van der Waals surface area contributed by atoms with Crippen LogP contribution in [0.3, 0.4) is 0 Å². The van der Waals surface area contributed by atoms with Crippen molar-refractivity contribution in [2.75, 3.05) is 6.61 Å². The average Bonchev–Trinajstić information content (AvgIpc) is 2.97. The van der Waals surface area contributed by atoms with Gasteiger partial charge in [0.2, 0.25) is 0 Å². The van der Waals surface area contributed by atoms with Crippen molar-refractivity contribution in [1.29, 1.82) is 0 Å². The molecular formula is C21H18O5. The van der Waals surface area contributed by atoms with Crippen LogP contribution in [0.25, 0.3) is 0 Å². The van der Waals surface area contributed by atoms with Crippen LogP contribution in [0.15, 0.2) is 48.5 Å². The summed E-state index contributed by atoms with van der Waals surface area (Å²) in [6.07, 6.45) is 0.497. The predicted octanol–water partition coefficient (Wildman–Crippen LogP) is 2.92. The van der Waals surface area contributed by atoms with Crippen molar-refractivity contribution in [3.63, 3.8) is 0 Å². The lowest BCUT2D eigenvalue weighted by Gasteiger charge is -2.33. The minimum Gasteiger partial charge on any atom is -0.465 e. The van der Waals surface area contributed by atoms with Crippen LogP contribution >= 0.6 is 0 Å². The van der Waals surface area contributed by atoms with E-state index in [4.69, 9.17) is 9.47 Å². The van der Waals surface area contributed by atoms with Gasteiger partial charge in [-0.3, -0.25) is 14.4 Å². The van der Waals surface area contributed by atoms with Gasteiger partial charge in [0.1, 0.15) is 5.75 Å². The van der Waals surface area contributed by atoms with Gasteiger partial charge in [0.25, 0.3) is 0 Å². The van der Waals surface area contributed by atoms with Crippen LogP contribution in [0.2, 0.25) is 0 Å². The van der Waals surface area contributed by atoms with Crippen molar-refractivity contribution in [1.82, 2.24) is 0 Å². The average molecular weight is 350 g/mol. The first-order chi connectivity index (χ1) is 12.6. The molecule has 0 bridgehead atoms. The largest absolute Gasteiger partial charge is 0.465 e. The third-order valence-electron chi connectivity index (χ3n) is 5.14. The molecule has 5 nitrogen and oxygen atoms in total. The van der Waals surface area contributed by atoms with Gasteiger partial charge in [-0.1, -0.05) is 42.5 Å². The molecule has 2 aromatic carbocycles. The molecule has 26 heavy (non-hydrogen) atoms. The molecule has 2 aromatic rings. The Morgan fingerprint density at radius 2 is 1.85 bits per heavy atom. The van der Waals surface area contributed by atoms with Crippen LogP contribution in [-0.2, 0) is 20.7 Å². The fourth-order valence-corrected chi connectivity index (χ4v) is 4.03. The second-order valence-electron chi connectivity index (χ2n) is 6.55. The van der Waals surface area contributed by atoms with E-state index in [2.05, 4.69) is 0 Å². The number of esters is 2. The van der Waals surface area contributed by atoms with E-state index in [1.165, 1.54) is 0 Å². The second kappa shape index (κ2) is 6.41. The molecule has 0 N–H and O–H groups in total. The number of Topliss-reactive ketones (excluding diaryl/α,β-unsaturated/α-hetero) is 1. The summed E-state index contributed by atoms with van der Waals surface area (Å²) in [4.78, 5) is 38.2. The summed E-state index contributed by atoms with van der Waals surface area (Å²) < 4.78 is 10.5. The van der Waals surface area contributed by atoms with Crippen LogP contribution in [0, 0.1) is 11.8 Å². The van der Waals surface area contributed by atoms with Crippen LogP contribution in [0.1, 0.15) is 34.3 Å². The first-order valence-electron chi connectivity index (χ1n) is 8.71. The summed E-state index contributed by atoms with van der Waals surface area (Å²) in [6.45, 7) is 1.85. The highest BCUT2D eigenvalue weighted by Gasteiger charge is 2.50. The topological polar surface area (TPSA) is 69.7 Å². The summed E-state index contributed by atoms with van der Waals surface area (Å²) in [7, 11) is 0. The van der Waals surface area contributed by atoms with Crippen LogP contribution in [0.4, 0.5) is 0 Å². The third-order valence-corrected chi connectivity index (χ3v) is 5.14. The number of benzene rings is 2. The van der Waals surface area contributed by atoms with Crippen molar-refractivity contribution in [3.05, 3.63) is 65.2 Å². The molecule has 0 amide bonds. The van der Waals surface area contributed by atoms with E-state index in [0.717, 1.165) is 5.56 Å². The predicted molar refractivity (Wildman–Crippen MR) is 92.9 cm³/mol. The number of hydrogen-bond donors (Lipinski definition) is 0. The maximum atomic E-state index is 13.0. The van der Waals surface area contributed by atoms with Crippen LogP contribution < -0.4 is 4.74 Å². The van der Waals surface area contributed by atoms with E-state index in [9.17, 15) is 14.4 Å². The second-order valence-corrected chi connectivity index (χ2v) is 6.55. The molecule has 3 atom stereocenters. The lowest BCUT2D eigenvalue weighted by molar-refractivity contribution is -0.160. The quantitative estimate of drug-likeness (QED) is 0.484. The Morgan fingerprint density at radius 1 is 1.12 bits per heavy atom. The van der Waals surface area contributed by atoms with E-state index in [0.29, 0.717) is 23.3 Å². The molecule has 2 aliphatic rings. The number of ketones is 1. The van der Waals surface area contributed by atoms with Crippen molar-refractivity contribution < 1.29 is 23.9 Å². The zero-order valence-corrected chi connectivity index (χ0v) is 14.3. The number of ether oxygens (including phenoxy) is 2. The van der Waals surface area contributed by atoms with Crippen molar-refractivity contribution in [2.24, 2.45) is 11.8 Å². The van der Waals surface area contributed by atoms with Gasteiger partial charge >= 0.3 is 11.9 Å². The maximum absolute atomic E-state index is 13.0. The van der Waals surface area contributed by atoms with Gasteiger partial charge in [0.15, 0.2) is 11.7 Å². The maximum Gasteiger partial charge on any atom is 0.326 e. The molecule has 4 rings (SSSR count). The monoisotopic (exact) mass is 350 g/mol. The molecule has 0 radical (unpaired) electrons. The van der Waals surface area contributed by atoms with E-state index in [-0.39, 0.29) is 12.4 Å². The first-order valence-corrected chi connectivity index (χ1v) is 8.71. The summed E-state index contributed by atoms with van der Waals surface area (Å²) in [6, 6.07) is 14.5. The molecule has 3 unspecified atom stereocenters. The molecule has 0 saturated heterocycles. The zero-order valence-electron chi connectivity index (χ0n) is 14.3. The van der Waals surface area contributed by atoms with Crippen LogP contribution in [0.5, 0.6) is 5.75 Å². The Balaban J connectivity index is 1.81. The summed E-state index contributed by atoms with van der Waals surface area (Å²) in [5, 5.41) is 0. The SMILES string of the molecule is CCOC(=O)C1C(=O)Oc2ccccc2C1C1Cc2ccccc2C1=O. The number of rotatable bonds is 3. The van der Waals surface area contributed by atoms with Gasteiger partial charge in [-0.25, -0.2) is 0 Å². The molecule has 0 fully saturated rings. The zero-order chi connectivity index (χ0) is 18.3. The molecule has 0 spiro atoms. The highest BCUT2D eigenvalue weighted by atomic mass is 16.6. The molecule has 132 valence electrons. The van der Waals surface area contributed by atoms with Crippen molar-refractivity contribution in [3.8, 4) is 5.75 Å². The highest BCUT2D eigenvalue weighted by Crippen LogP contribution is 2.47. The molecule has 0 aromatic heterocycles. The van der Waals surface area contributed by atoms with E-state index < -0.39 is 29.7 Å². The van der Waals surface area contributed by atoms with Gasteiger partial charge in [0, 0.05) is 23.0 Å². The summed E-state index contributed by atoms with van der Waals surface area (Å²) >= 11 is 0. The van der Waals surface area contributed by atoms with Crippen molar-refractivity contribution >= 4 is 17.7 Å². The number of carbonyl (C=O) groups is 3. The van der Waals surface area contributed by atoms with Gasteiger partial charge in [-0.2, -0.15) is 0 Å². The molecule has 1 heterocycles. The lowest BCUT2D eigenvalue weighted by Crippen LogP contribution is -2.42. The van der Waals surface area contributed by atoms with Gasteiger partial charge < -0.3 is 9.47 Å². The normalized spacial score (nSPS) is 23.8. The van der Waals surface area contributed by atoms with Gasteiger partial charge in [0.05, 0.1) is 6.61 Å². The number of carbonyl (C=O) groups excluding carboxylic acids is 3. The number of hydrogen-bond acceptors (Lipinski definition) is 5. The molecule has 5 heteroatoms. The Labute approximate surface area is 150 Å². The van der Waals surface area contributed by atoms with Crippen LogP contribution in [-0.4, -0.2) is 24.3 Å². The fourth-order valence-electron chi connectivity index (χ4n) is 4.03. The summed E-state index contributed by atoms with van der Waals surface area (Å²) in [5.74, 6) is -3.14. The minimum absolute atomic E-state index is 0.0376. The minimum atomic E-state index is -1.13.